The lowest BCUT2D eigenvalue weighted by Gasteiger charge is -2.51. The molecule has 3 saturated carbocycles. The SMILES string of the molecule is CCOC1CCCCC1(O)[C@H]1C[C@@H]2CC[C@@]1(C)C2(C)C. The van der Waals surface area contributed by atoms with Crippen molar-refractivity contribution in [1.29, 1.82) is 0 Å². The zero-order valence-electron chi connectivity index (χ0n) is 13.7. The minimum absolute atomic E-state index is 0.0678. The lowest BCUT2D eigenvalue weighted by Crippen LogP contribution is -2.56. The number of aliphatic hydroxyl groups is 1. The van der Waals surface area contributed by atoms with Crippen LogP contribution >= 0.6 is 0 Å². The van der Waals surface area contributed by atoms with Crippen LogP contribution in [0.15, 0.2) is 0 Å². The van der Waals surface area contributed by atoms with Crippen molar-refractivity contribution in [3.05, 3.63) is 0 Å². The maximum Gasteiger partial charge on any atom is 0.0941 e. The van der Waals surface area contributed by atoms with Crippen molar-refractivity contribution in [2.45, 2.75) is 84.3 Å². The zero-order valence-corrected chi connectivity index (χ0v) is 13.7. The van der Waals surface area contributed by atoms with Crippen LogP contribution in [0.4, 0.5) is 0 Å². The molecule has 1 N–H and O–H groups in total. The van der Waals surface area contributed by atoms with Gasteiger partial charge >= 0.3 is 0 Å². The molecule has 0 amide bonds. The summed E-state index contributed by atoms with van der Waals surface area (Å²) in [5, 5.41) is 11.6. The largest absolute Gasteiger partial charge is 0.387 e. The molecule has 2 heteroatoms. The van der Waals surface area contributed by atoms with Crippen LogP contribution < -0.4 is 0 Å². The molecule has 0 aliphatic heterocycles. The van der Waals surface area contributed by atoms with Gasteiger partial charge < -0.3 is 9.84 Å². The van der Waals surface area contributed by atoms with E-state index in [1.165, 1.54) is 25.7 Å². The van der Waals surface area contributed by atoms with Crippen LogP contribution in [0, 0.1) is 22.7 Å². The molecule has 0 heterocycles. The number of ether oxygens (including phenoxy) is 1. The molecule has 2 unspecified atom stereocenters. The smallest absolute Gasteiger partial charge is 0.0941 e. The summed E-state index contributed by atoms with van der Waals surface area (Å²) in [5.74, 6) is 1.23. The van der Waals surface area contributed by atoms with Gasteiger partial charge in [-0.2, -0.15) is 0 Å². The molecule has 5 atom stereocenters. The second-order valence-corrected chi connectivity index (χ2v) is 8.34. The molecule has 0 spiro atoms. The highest BCUT2D eigenvalue weighted by Gasteiger charge is 2.67. The Kier molecular flexibility index (Phi) is 3.49. The predicted octanol–water partition coefficient (Wildman–Crippen LogP) is 4.16. The predicted molar refractivity (Wildman–Crippen MR) is 81.6 cm³/mol. The van der Waals surface area contributed by atoms with Crippen molar-refractivity contribution < 1.29 is 9.84 Å². The standard InChI is InChI=1S/C18H32O2/c1-5-20-15-8-6-7-10-18(15,19)14-12-13-9-11-17(14,4)16(13,2)3/h13-15,19H,5-12H2,1-4H3/t13-,14-,15?,17+,18?/m0/s1. The van der Waals surface area contributed by atoms with Crippen LogP contribution in [0.3, 0.4) is 0 Å². The molecule has 0 aromatic heterocycles. The van der Waals surface area contributed by atoms with Gasteiger partial charge in [0.1, 0.15) is 0 Å². The molecule has 2 bridgehead atoms. The fourth-order valence-electron chi connectivity index (χ4n) is 5.94. The van der Waals surface area contributed by atoms with Crippen LogP contribution in [0.2, 0.25) is 0 Å². The van der Waals surface area contributed by atoms with Gasteiger partial charge in [0.25, 0.3) is 0 Å². The fraction of sp³-hybridized carbons (Fsp3) is 1.00. The average Bonchev–Trinajstić information content (AvgIpc) is 2.74. The van der Waals surface area contributed by atoms with E-state index in [-0.39, 0.29) is 6.10 Å². The topological polar surface area (TPSA) is 29.5 Å². The van der Waals surface area contributed by atoms with Crippen molar-refractivity contribution in [1.82, 2.24) is 0 Å². The van der Waals surface area contributed by atoms with Crippen molar-refractivity contribution >= 4 is 0 Å². The lowest BCUT2D eigenvalue weighted by atomic mass is 9.58. The van der Waals surface area contributed by atoms with Gasteiger partial charge in [-0.25, -0.2) is 0 Å². The molecule has 20 heavy (non-hydrogen) atoms. The van der Waals surface area contributed by atoms with Gasteiger partial charge in [-0.1, -0.05) is 33.6 Å². The Hall–Kier alpha value is -0.0800. The molecular weight excluding hydrogens is 248 g/mol. The summed E-state index contributed by atoms with van der Waals surface area (Å²) in [6.45, 7) is 10.1. The third-order valence-corrected chi connectivity index (χ3v) is 7.62. The van der Waals surface area contributed by atoms with Crippen LogP contribution in [0.25, 0.3) is 0 Å². The molecule has 0 saturated heterocycles. The molecule has 0 aromatic rings. The highest BCUT2D eigenvalue weighted by atomic mass is 16.5. The van der Waals surface area contributed by atoms with E-state index >= 15 is 0 Å². The second-order valence-electron chi connectivity index (χ2n) is 8.34. The summed E-state index contributed by atoms with van der Waals surface area (Å²) in [5.41, 5.74) is 0.0934. The first-order valence-electron chi connectivity index (χ1n) is 8.70. The average molecular weight is 280 g/mol. The van der Waals surface area contributed by atoms with Gasteiger partial charge in [-0.05, 0) is 61.7 Å². The first-order chi connectivity index (χ1) is 9.36. The second kappa shape index (κ2) is 4.71. The molecular formula is C18H32O2. The summed E-state index contributed by atoms with van der Waals surface area (Å²) in [4.78, 5) is 0. The first-order valence-corrected chi connectivity index (χ1v) is 8.70. The van der Waals surface area contributed by atoms with E-state index in [0.29, 0.717) is 16.7 Å². The highest BCUT2D eigenvalue weighted by Crippen LogP contribution is 2.71. The Morgan fingerprint density at radius 2 is 1.85 bits per heavy atom. The molecule has 116 valence electrons. The van der Waals surface area contributed by atoms with Crippen molar-refractivity contribution in [3.8, 4) is 0 Å². The highest BCUT2D eigenvalue weighted by molar-refractivity contribution is 5.16. The molecule has 3 aliphatic rings. The third-order valence-electron chi connectivity index (χ3n) is 7.62. The van der Waals surface area contributed by atoms with E-state index in [4.69, 9.17) is 4.74 Å². The number of hydrogen-bond acceptors (Lipinski definition) is 2. The van der Waals surface area contributed by atoms with E-state index in [9.17, 15) is 5.11 Å². The van der Waals surface area contributed by atoms with Gasteiger partial charge in [0.15, 0.2) is 0 Å². The van der Waals surface area contributed by atoms with Crippen LogP contribution in [0.1, 0.15) is 72.6 Å². The Bertz CT molecular complexity index is 376. The molecule has 3 aliphatic carbocycles. The van der Waals surface area contributed by atoms with E-state index in [1.807, 2.05) is 0 Å². The molecule has 3 rings (SSSR count). The summed E-state index contributed by atoms with van der Waals surface area (Å²) < 4.78 is 5.98. The normalized spacial score (nSPS) is 50.5. The zero-order chi connectivity index (χ0) is 14.6. The minimum Gasteiger partial charge on any atom is -0.387 e. The summed E-state index contributed by atoms with van der Waals surface area (Å²) in [6.07, 6.45) is 8.29. The van der Waals surface area contributed by atoms with E-state index in [0.717, 1.165) is 31.8 Å². The summed E-state index contributed by atoms with van der Waals surface area (Å²) in [7, 11) is 0. The third kappa shape index (κ3) is 1.76. The maximum absolute atomic E-state index is 11.6. The Morgan fingerprint density at radius 1 is 1.10 bits per heavy atom. The van der Waals surface area contributed by atoms with Crippen molar-refractivity contribution in [2.24, 2.45) is 22.7 Å². The Morgan fingerprint density at radius 3 is 2.40 bits per heavy atom. The molecule has 3 fully saturated rings. The molecule has 2 nitrogen and oxygen atoms in total. The Balaban J connectivity index is 1.91. The van der Waals surface area contributed by atoms with Crippen LogP contribution in [-0.2, 0) is 4.74 Å². The summed E-state index contributed by atoms with van der Waals surface area (Å²) >= 11 is 0. The van der Waals surface area contributed by atoms with E-state index < -0.39 is 5.60 Å². The van der Waals surface area contributed by atoms with Gasteiger partial charge in [0.2, 0.25) is 0 Å². The number of fused-ring (bicyclic) bond motifs is 2. The van der Waals surface area contributed by atoms with Gasteiger partial charge in [0.05, 0.1) is 11.7 Å². The van der Waals surface area contributed by atoms with E-state index in [2.05, 4.69) is 27.7 Å². The molecule has 0 radical (unpaired) electrons. The van der Waals surface area contributed by atoms with Gasteiger partial charge in [0, 0.05) is 6.61 Å². The van der Waals surface area contributed by atoms with Crippen LogP contribution in [-0.4, -0.2) is 23.4 Å². The quantitative estimate of drug-likeness (QED) is 0.841. The van der Waals surface area contributed by atoms with Gasteiger partial charge in [-0.15, -0.1) is 0 Å². The maximum atomic E-state index is 11.6. The van der Waals surface area contributed by atoms with E-state index in [1.54, 1.807) is 0 Å². The Labute approximate surface area is 124 Å². The first kappa shape index (κ1) is 14.8. The monoisotopic (exact) mass is 280 g/mol. The number of hydrogen-bond donors (Lipinski definition) is 1. The van der Waals surface area contributed by atoms with Gasteiger partial charge in [-0.3, -0.25) is 0 Å². The van der Waals surface area contributed by atoms with Crippen molar-refractivity contribution in [2.75, 3.05) is 6.61 Å². The minimum atomic E-state index is -0.574. The van der Waals surface area contributed by atoms with Crippen LogP contribution in [0.5, 0.6) is 0 Å². The van der Waals surface area contributed by atoms with Crippen molar-refractivity contribution in [3.63, 3.8) is 0 Å². The summed E-state index contributed by atoms with van der Waals surface area (Å²) in [6, 6.07) is 0. The lowest BCUT2D eigenvalue weighted by molar-refractivity contribution is -0.184. The fourth-order valence-corrected chi connectivity index (χ4v) is 5.94. The number of rotatable bonds is 3. The molecule has 0 aromatic carbocycles.